The van der Waals surface area contributed by atoms with Crippen molar-refractivity contribution in [3.8, 4) is 11.1 Å². The SMILES string of the molecule is N=C1c2c(-c3ccccc3)ccc(Cl)c2C(=O)N1S. The van der Waals surface area contributed by atoms with Crippen LogP contribution < -0.4 is 0 Å². The first-order valence-electron chi connectivity index (χ1n) is 5.61. The maximum atomic E-state index is 12.0. The standard InChI is InChI=1S/C14H9ClN2OS/c15-10-7-6-9(8-4-2-1-3-5-8)11-12(10)14(18)17(19)13(11)16/h1-7,16,19H. The van der Waals surface area contributed by atoms with E-state index in [0.717, 1.165) is 15.4 Å². The number of benzene rings is 2. The van der Waals surface area contributed by atoms with Gasteiger partial charge in [0.15, 0.2) is 0 Å². The van der Waals surface area contributed by atoms with Gasteiger partial charge in [-0.2, -0.15) is 0 Å². The average molecular weight is 289 g/mol. The van der Waals surface area contributed by atoms with Gasteiger partial charge in [-0.15, -0.1) is 0 Å². The minimum atomic E-state index is -0.355. The Labute approximate surface area is 120 Å². The van der Waals surface area contributed by atoms with Gasteiger partial charge in [-0.3, -0.25) is 10.2 Å². The van der Waals surface area contributed by atoms with Crippen molar-refractivity contribution in [3.05, 3.63) is 58.6 Å². The van der Waals surface area contributed by atoms with Crippen LogP contribution in [0.3, 0.4) is 0 Å². The molecule has 1 amide bonds. The summed E-state index contributed by atoms with van der Waals surface area (Å²) < 4.78 is 1.02. The zero-order valence-electron chi connectivity index (χ0n) is 9.72. The molecule has 0 radical (unpaired) electrons. The van der Waals surface area contributed by atoms with Gasteiger partial charge in [0.05, 0.1) is 10.6 Å². The molecule has 3 nitrogen and oxygen atoms in total. The van der Waals surface area contributed by atoms with Crippen molar-refractivity contribution in [2.45, 2.75) is 0 Å². The van der Waals surface area contributed by atoms with Crippen LogP contribution in [0.15, 0.2) is 42.5 Å². The molecule has 1 aliphatic heterocycles. The lowest BCUT2D eigenvalue weighted by Gasteiger charge is -2.09. The van der Waals surface area contributed by atoms with Crippen LogP contribution in [0.5, 0.6) is 0 Å². The van der Waals surface area contributed by atoms with Crippen LogP contribution in [0.4, 0.5) is 0 Å². The van der Waals surface area contributed by atoms with Crippen molar-refractivity contribution in [3.63, 3.8) is 0 Å². The van der Waals surface area contributed by atoms with E-state index in [9.17, 15) is 4.79 Å². The smallest absolute Gasteiger partial charge is 0.271 e. The van der Waals surface area contributed by atoms with Gasteiger partial charge in [-0.05, 0) is 17.2 Å². The summed E-state index contributed by atoms with van der Waals surface area (Å²) in [5.41, 5.74) is 2.65. The summed E-state index contributed by atoms with van der Waals surface area (Å²) in [6, 6.07) is 13.1. The molecule has 1 aliphatic rings. The Morgan fingerprint density at radius 1 is 1.05 bits per heavy atom. The van der Waals surface area contributed by atoms with Gasteiger partial charge in [0.2, 0.25) is 0 Å². The molecule has 1 heterocycles. The molecule has 0 bridgehead atoms. The second-order valence-corrected chi connectivity index (χ2v) is 4.98. The Bertz CT molecular complexity index is 700. The summed E-state index contributed by atoms with van der Waals surface area (Å²) >= 11 is 10.1. The summed E-state index contributed by atoms with van der Waals surface area (Å²) in [6.45, 7) is 0. The van der Waals surface area contributed by atoms with E-state index in [1.807, 2.05) is 36.4 Å². The number of amidine groups is 1. The fraction of sp³-hybridized carbons (Fsp3) is 0. The zero-order valence-corrected chi connectivity index (χ0v) is 11.4. The molecular formula is C14H9ClN2OS. The number of carbonyl (C=O) groups is 1. The lowest BCUT2D eigenvalue weighted by molar-refractivity contribution is 0.0930. The quantitative estimate of drug-likeness (QED) is 0.773. The van der Waals surface area contributed by atoms with Gasteiger partial charge in [0, 0.05) is 5.56 Å². The van der Waals surface area contributed by atoms with E-state index in [-0.39, 0.29) is 11.7 Å². The van der Waals surface area contributed by atoms with Crippen LogP contribution in [-0.2, 0) is 0 Å². The van der Waals surface area contributed by atoms with Crippen LogP contribution >= 0.6 is 24.4 Å². The fourth-order valence-corrected chi connectivity index (χ4v) is 2.64. The van der Waals surface area contributed by atoms with Gasteiger partial charge < -0.3 is 0 Å². The number of hydrogen-bond acceptors (Lipinski definition) is 3. The molecule has 0 fully saturated rings. The molecule has 0 saturated carbocycles. The van der Waals surface area contributed by atoms with Crippen molar-refractivity contribution in [1.82, 2.24) is 4.31 Å². The molecule has 0 spiro atoms. The van der Waals surface area contributed by atoms with E-state index in [1.54, 1.807) is 6.07 Å². The lowest BCUT2D eigenvalue weighted by Crippen LogP contribution is -2.18. The Kier molecular flexibility index (Phi) is 2.84. The molecule has 5 heteroatoms. The molecule has 0 saturated heterocycles. The highest BCUT2D eigenvalue weighted by Crippen LogP contribution is 2.37. The zero-order chi connectivity index (χ0) is 13.6. The topological polar surface area (TPSA) is 44.2 Å². The molecule has 94 valence electrons. The summed E-state index contributed by atoms with van der Waals surface area (Å²) in [6.07, 6.45) is 0. The van der Waals surface area contributed by atoms with Crippen LogP contribution in [0.1, 0.15) is 15.9 Å². The van der Waals surface area contributed by atoms with E-state index in [1.165, 1.54) is 0 Å². The Hall–Kier alpha value is -1.78. The van der Waals surface area contributed by atoms with Gasteiger partial charge in [0.25, 0.3) is 5.91 Å². The van der Waals surface area contributed by atoms with Crippen molar-refractivity contribution in [1.29, 1.82) is 5.41 Å². The van der Waals surface area contributed by atoms with Crippen molar-refractivity contribution in [2.24, 2.45) is 0 Å². The first-order chi connectivity index (χ1) is 9.11. The van der Waals surface area contributed by atoms with Gasteiger partial charge in [-0.1, -0.05) is 60.8 Å². The second kappa shape index (κ2) is 4.40. The minimum absolute atomic E-state index is 0.0599. The molecular weight excluding hydrogens is 280 g/mol. The monoisotopic (exact) mass is 288 g/mol. The van der Waals surface area contributed by atoms with E-state index in [4.69, 9.17) is 17.0 Å². The van der Waals surface area contributed by atoms with Crippen LogP contribution in [0.25, 0.3) is 11.1 Å². The van der Waals surface area contributed by atoms with Gasteiger partial charge in [0.1, 0.15) is 5.84 Å². The number of rotatable bonds is 1. The second-order valence-electron chi connectivity index (χ2n) is 4.18. The number of halogens is 1. The number of thiol groups is 1. The van der Waals surface area contributed by atoms with Gasteiger partial charge >= 0.3 is 0 Å². The first-order valence-corrected chi connectivity index (χ1v) is 6.39. The average Bonchev–Trinajstić information content (AvgIpc) is 2.66. The van der Waals surface area contributed by atoms with E-state index < -0.39 is 0 Å². The normalized spacial score (nSPS) is 13.9. The van der Waals surface area contributed by atoms with Crippen LogP contribution in [0, 0.1) is 5.41 Å². The number of nitrogens with zero attached hydrogens (tertiary/aromatic N) is 1. The molecule has 2 aromatic rings. The number of nitrogens with one attached hydrogen (secondary N) is 1. The lowest BCUT2D eigenvalue weighted by atomic mass is 9.96. The van der Waals surface area contributed by atoms with Crippen LogP contribution in [0.2, 0.25) is 5.02 Å². The molecule has 1 N–H and O–H groups in total. The molecule has 19 heavy (non-hydrogen) atoms. The Morgan fingerprint density at radius 3 is 2.42 bits per heavy atom. The highest BCUT2D eigenvalue weighted by Gasteiger charge is 2.35. The molecule has 2 aromatic carbocycles. The number of carbonyl (C=O) groups excluding carboxylic acids is 1. The molecule has 0 atom stereocenters. The predicted octanol–water partition coefficient (Wildman–Crippen LogP) is 3.63. The summed E-state index contributed by atoms with van der Waals surface area (Å²) in [4.78, 5) is 12.0. The molecule has 0 unspecified atom stereocenters. The fourth-order valence-electron chi connectivity index (χ4n) is 2.20. The van der Waals surface area contributed by atoms with E-state index in [2.05, 4.69) is 12.8 Å². The molecule has 0 aromatic heterocycles. The largest absolute Gasteiger partial charge is 0.283 e. The summed E-state index contributed by atoms with van der Waals surface area (Å²) in [7, 11) is 0. The summed E-state index contributed by atoms with van der Waals surface area (Å²) in [5.74, 6) is -0.296. The van der Waals surface area contributed by atoms with E-state index in [0.29, 0.717) is 16.1 Å². The number of amides is 1. The maximum Gasteiger partial charge on any atom is 0.271 e. The maximum absolute atomic E-state index is 12.0. The van der Waals surface area contributed by atoms with Gasteiger partial charge in [-0.25, -0.2) is 4.31 Å². The summed E-state index contributed by atoms with van der Waals surface area (Å²) in [5, 5.41) is 8.37. The number of fused-ring (bicyclic) bond motifs is 1. The first kappa shape index (κ1) is 12.3. The Morgan fingerprint density at radius 2 is 1.74 bits per heavy atom. The minimum Gasteiger partial charge on any atom is -0.283 e. The third-order valence-corrected chi connectivity index (χ3v) is 3.79. The highest BCUT2D eigenvalue weighted by atomic mass is 35.5. The van der Waals surface area contributed by atoms with Crippen molar-refractivity contribution >= 4 is 36.2 Å². The third kappa shape index (κ3) is 1.76. The highest BCUT2D eigenvalue weighted by molar-refractivity contribution is 7.79. The predicted molar refractivity (Wildman–Crippen MR) is 78.9 cm³/mol. The molecule has 0 aliphatic carbocycles. The van der Waals surface area contributed by atoms with Crippen molar-refractivity contribution < 1.29 is 4.79 Å². The van der Waals surface area contributed by atoms with E-state index >= 15 is 0 Å². The van der Waals surface area contributed by atoms with Crippen LogP contribution in [-0.4, -0.2) is 16.0 Å². The molecule has 3 rings (SSSR count). The van der Waals surface area contributed by atoms with Crippen molar-refractivity contribution in [2.75, 3.05) is 0 Å². The Balaban J connectivity index is 2.32. The number of hydrogen-bond donors (Lipinski definition) is 2. The third-order valence-electron chi connectivity index (χ3n) is 3.09.